The molecule has 1 N–H and O–H groups in total. The summed E-state index contributed by atoms with van der Waals surface area (Å²) < 4.78 is 6.55. The molecule has 1 aromatic heterocycles. The van der Waals surface area contributed by atoms with Gasteiger partial charge in [-0.05, 0) is 79.3 Å². The molecule has 1 aliphatic rings. The van der Waals surface area contributed by atoms with Gasteiger partial charge in [0.1, 0.15) is 23.2 Å². The number of nitrogens with one attached hydrogen (secondary N) is 1. The predicted octanol–water partition coefficient (Wildman–Crippen LogP) is 11.2. The first-order chi connectivity index (χ1) is 24.2. The molecule has 9 aromatic rings. The van der Waals surface area contributed by atoms with Gasteiger partial charge < -0.3 is 9.73 Å². The van der Waals surface area contributed by atoms with E-state index in [1.165, 1.54) is 26.9 Å². The molecule has 0 saturated heterocycles. The predicted molar refractivity (Wildman–Crippen MR) is 204 cm³/mol. The number of amidine groups is 2. The highest BCUT2D eigenvalue weighted by molar-refractivity contribution is 6.22. The Morgan fingerprint density at radius 3 is 2.04 bits per heavy atom. The van der Waals surface area contributed by atoms with Gasteiger partial charge in [0.05, 0.1) is 0 Å². The van der Waals surface area contributed by atoms with Crippen LogP contribution in [0, 0.1) is 0 Å². The van der Waals surface area contributed by atoms with Crippen molar-refractivity contribution in [3.05, 3.63) is 180 Å². The van der Waals surface area contributed by atoms with E-state index in [4.69, 9.17) is 14.4 Å². The summed E-state index contributed by atoms with van der Waals surface area (Å²) in [6.07, 6.45) is -0.291. The lowest BCUT2D eigenvalue weighted by molar-refractivity contribution is 0.668. The van der Waals surface area contributed by atoms with E-state index in [2.05, 4.69) is 139 Å². The summed E-state index contributed by atoms with van der Waals surface area (Å²) in [6, 6.07) is 57.6. The molecule has 0 bridgehead atoms. The van der Waals surface area contributed by atoms with Crippen molar-refractivity contribution in [1.29, 1.82) is 0 Å². The minimum atomic E-state index is -0.291. The van der Waals surface area contributed by atoms with Crippen LogP contribution in [0.15, 0.2) is 178 Å². The van der Waals surface area contributed by atoms with Crippen LogP contribution in [0.2, 0.25) is 0 Å². The number of rotatable bonds is 4. The fourth-order valence-corrected chi connectivity index (χ4v) is 7.25. The van der Waals surface area contributed by atoms with Crippen LogP contribution in [-0.4, -0.2) is 11.7 Å². The van der Waals surface area contributed by atoms with E-state index in [9.17, 15) is 0 Å². The van der Waals surface area contributed by atoms with Gasteiger partial charge in [-0.2, -0.15) is 0 Å². The van der Waals surface area contributed by atoms with Crippen molar-refractivity contribution in [3.63, 3.8) is 0 Å². The van der Waals surface area contributed by atoms with Crippen molar-refractivity contribution in [1.82, 2.24) is 5.32 Å². The summed E-state index contributed by atoms with van der Waals surface area (Å²) in [6.45, 7) is 0. The molecule has 4 nitrogen and oxygen atoms in total. The minimum Gasteiger partial charge on any atom is -0.456 e. The smallest absolute Gasteiger partial charge is 0.159 e. The van der Waals surface area contributed by atoms with Gasteiger partial charge in [-0.15, -0.1) is 0 Å². The summed E-state index contributed by atoms with van der Waals surface area (Å²) in [5, 5.41) is 13.1. The van der Waals surface area contributed by atoms with Gasteiger partial charge in [0.15, 0.2) is 5.84 Å². The van der Waals surface area contributed by atoms with Gasteiger partial charge in [0.2, 0.25) is 0 Å². The van der Waals surface area contributed by atoms with Crippen molar-refractivity contribution >= 4 is 65.9 Å². The Morgan fingerprint density at radius 1 is 0.469 bits per heavy atom. The van der Waals surface area contributed by atoms with Crippen LogP contribution < -0.4 is 5.32 Å². The Balaban J connectivity index is 1.09. The summed E-state index contributed by atoms with van der Waals surface area (Å²) in [5.41, 5.74) is 6.98. The zero-order chi connectivity index (χ0) is 32.3. The molecule has 4 heteroatoms. The summed E-state index contributed by atoms with van der Waals surface area (Å²) in [7, 11) is 0. The topological polar surface area (TPSA) is 49.9 Å². The summed E-state index contributed by atoms with van der Waals surface area (Å²) >= 11 is 0. The second kappa shape index (κ2) is 11.0. The van der Waals surface area contributed by atoms with Gasteiger partial charge in [-0.25, -0.2) is 9.98 Å². The molecule has 10 rings (SSSR count). The van der Waals surface area contributed by atoms with E-state index in [-0.39, 0.29) is 6.17 Å². The van der Waals surface area contributed by atoms with E-state index in [0.717, 1.165) is 61.0 Å². The van der Waals surface area contributed by atoms with E-state index in [1.807, 2.05) is 30.3 Å². The molecule has 2 heterocycles. The average molecular weight is 628 g/mol. The fraction of sp³-hybridized carbons (Fsp3) is 0.0222. The SMILES string of the molecule is c1ccc(C2N=C(c3ccc4ccccc4c3)N=C(c3cccc4oc5cc(-c6ccc7c(ccc8ccccc87)c6)ccc5c34)N2)cc1. The third-order valence-electron chi connectivity index (χ3n) is 9.70. The number of hydrogen-bond donors (Lipinski definition) is 1. The van der Waals surface area contributed by atoms with Crippen molar-refractivity contribution in [2.75, 3.05) is 0 Å². The molecule has 0 spiro atoms. The van der Waals surface area contributed by atoms with Gasteiger partial charge >= 0.3 is 0 Å². The molecule has 0 aliphatic carbocycles. The normalized spacial score (nSPS) is 14.7. The number of benzene rings is 8. The molecule has 1 aliphatic heterocycles. The Kier molecular flexibility index (Phi) is 6.21. The molecule has 49 heavy (non-hydrogen) atoms. The maximum absolute atomic E-state index is 6.55. The van der Waals surface area contributed by atoms with E-state index >= 15 is 0 Å². The van der Waals surface area contributed by atoms with Gasteiger partial charge in [0, 0.05) is 21.9 Å². The second-order valence-corrected chi connectivity index (χ2v) is 12.6. The van der Waals surface area contributed by atoms with E-state index in [1.54, 1.807) is 0 Å². The van der Waals surface area contributed by atoms with Gasteiger partial charge in [-0.1, -0.05) is 133 Å². The van der Waals surface area contributed by atoms with Crippen molar-refractivity contribution in [2.45, 2.75) is 6.17 Å². The Hall–Kier alpha value is -6.52. The van der Waals surface area contributed by atoms with Crippen LogP contribution in [0.1, 0.15) is 22.9 Å². The molecule has 0 saturated carbocycles. The number of hydrogen-bond acceptors (Lipinski definition) is 4. The van der Waals surface area contributed by atoms with Crippen LogP contribution in [0.25, 0.3) is 65.4 Å². The van der Waals surface area contributed by atoms with Gasteiger partial charge in [-0.3, -0.25) is 0 Å². The first-order valence-electron chi connectivity index (χ1n) is 16.6. The Bertz CT molecular complexity index is 2810. The van der Waals surface area contributed by atoms with Crippen molar-refractivity contribution in [3.8, 4) is 11.1 Å². The highest BCUT2D eigenvalue weighted by Gasteiger charge is 2.24. The first kappa shape index (κ1) is 27.6. The zero-order valence-electron chi connectivity index (χ0n) is 26.5. The van der Waals surface area contributed by atoms with Crippen molar-refractivity contribution < 1.29 is 4.42 Å². The molecule has 230 valence electrons. The fourth-order valence-electron chi connectivity index (χ4n) is 7.25. The number of aliphatic imine (C=N–C) groups is 2. The molecule has 0 amide bonds. The van der Waals surface area contributed by atoms with E-state index in [0.29, 0.717) is 5.84 Å². The van der Waals surface area contributed by atoms with Gasteiger partial charge in [0.25, 0.3) is 0 Å². The lowest BCUT2D eigenvalue weighted by Crippen LogP contribution is -2.33. The Morgan fingerprint density at radius 2 is 1.14 bits per heavy atom. The van der Waals surface area contributed by atoms with Crippen LogP contribution in [0.3, 0.4) is 0 Å². The largest absolute Gasteiger partial charge is 0.456 e. The van der Waals surface area contributed by atoms with Crippen molar-refractivity contribution in [2.24, 2.45) is 9.98 Å². The molecule has 0 fully saturated rings. The highest BCUT2D eigenvalue weighted by atomic mass is 16.3. The van der Waals surface area contributed by atoms with Crippen LogP contribution in [0.5, 0.6) is 0 Å². The maximum atomic E-state index is 6.55. The van der Waals surface area contributed by atoms with Crippen LogP contribution in [0.4, 0.5) is 0 Å². The first-order valence-corrected chi connectivity index (χ1v) is 16.6. The lowest BCUT2D eigenvalue weighted by atomic mass is 9.96. The lowest BCUT2D eigenvalue weighted by Gasteiger charge is -2.24. The molecular weight excluding hydrogens is 599 g/mol. The van der Waals surface area contributed by atoms with E-state index < -0.39 is 0 Å². The zero-order valence-corrected chi connectivity index (χ0v) is 26.5. The molecular formula is C45H29N3O. The average Bonchev–Trinajstić information content (AvgIpc) is 3.56. The van der Waals surface area contributed by atoms with Crippen LogP contribution in [-0.2, 0) is 0 Å². The quantitative estimate of drug-likeness (QED) is 0.197. The Labute approximate surface area is 282 Å². The number of furan rings is 1. The molecule has 8 aromatic carbocycles. The third-order valence-corrected chi connectivity index (χ3v) is 9.70. The maximum Gasteiger partial charge on any atom is 0.159 e. The number of nitrogens with zero attached hydrogens (tertiary/aromatic N) is 2. The molecule has 1 unspecified atom stereocenters. The highest BCUT2D eigenvalue weighted by Crippen LogP contribution is 2.37. The minimum absolute atomic E-state index is 0.291. The second-order valence-electron chi connectivity index (χ2n) is 12.6. The molecule has 1 atom stereocenters. The van der Waals surface area contributed by atoms with Crippen LogP contribution >= 0.6 is 0 Å². The third kappa shape index (κ3) is 4.68. The molecule has 0 radical (unpaired) electrons. The summed E-state index contributed by atoms with van der Waals surface area (Å²) in [5.74, 6) is 1.47. The summed E-state index contributed by atoms with van der Waals surface area (Å²) in [4.78, 5) is 10.3. The monoisotopic (exact) mass is 627 g/mol. The standard InChI is InChI=1S/C45H29N3O/c1-2-11-30(12-3-1)43-46-44(35-20-17-28-9-4-5-13-31(28)26-35)48-45(47-43)39-15-8-16-40-42(39)38-24-22-33(27-41(38)49-40)32-21-23-37-34(25-32)19-18-29-10-6-7-14-36(29)37/h1-27,43H,(H,46,47,48). The number of fused-ring (bicyclic) bond motifs is 7.